The van der Waals surface area contributed by atoms with Crippen LogP contribution >= 0.6 is 0 Å². The number of carbonyl (C=O) groups is 2. The molecule has 0 aliphatic heterocycles. The molecule has 216 valence electrons. The van der Waals surface area contributed by atoms with E-state index in [9.17, 15) is 31.2 Å². The lowest BCUT2D eigenvalue weighted by Gasteiger charge is -2.24. The Morgan fingerprint density at radius 3 is 2.08 bits per heavy atom. The Hall–Kier alpha value is -3.75. The number of benzene rings is 1. The smallest absolute Gasteiger partial charge is 0.493 e. The first-order valence-electron chi connectivity index (χ1n) is 11.6. The lowest BCUT2D eigenvalue weighted by atomic mass is 9.95. The molecule has 2 rings (SSSR count). The van der Waals surface area contributed by atoms with Gasteiger partial charge in [0.05, 0.1) is 14.2 Å². The maximum absolute atomic E-state index is 13.1. The van der Waals surface area contributed by atoms with Crippen molar-refractivity contribution in [3.8, 4) is 34.3 Å². The Kier molecular flexibility index (Phi) is 9.66. The van der Waals surface area contributed by atoms with Crippen LogP contribution in [0.3, 0.4) is 0 Å². The molecule has 0 atom stereocenters. The number of amides is 2. The van der Waals surface area contributed by atoms with Crippen molar-refractivity contribution in [2.75, 3.05) is 32.6 Å². The highest BCUT2D eigenvalue weighted by molar-refractivity contribution is 7.88. The van der Waals surface area contributed by atoms with Gasteiger partial charge in [0.1, 0.15) is 5.69 Å². The molecule has 0 fully saturated rings. The standard InChI is InChI=1S/C24H30F3N3O8S/c1-8-30(9-2)22(32)37-18-15(10-11-16(35-6)19(18)36-7)14-12-13-28-20(38-39(33,34)24(25,26)27)17(14)29-21(31)23(3,4)5/h10-13H,8-9H2,1-7H3,(H,29,31). The third-order valence-corrected chi connectivity index (χ3v) is 6.25. The second-order valence-electron chi connectivity index (χ2n) is 8.94. The molecule has 0 saturated heterocycles. The molecule has 11 nitrogen and oxygen atoms in total. The van der Waals surface area contributed by atoms with E-state index in [0.29, 0.717) is 13.1 Å². The van der Waals surface area contributed by atoms with Gasteiger partial charge in [-0.25, -0.2) is 9.78 Å². The van der Waals surface area contributed by atoms with Gasteiger partial charge in [-0.2, -0.15) is 21.6 Å². The van der Waals surface area contributed by atoms with Crippen LogP contribution in [-0.4, -0.2) is 63.1 Å². The summed E-state index contributed by atoms with van der Waals surface area (Å²) in [5.41, 5.74) is -7.42. The van der Waals surface area contributed by atoms with Gasteiger partial charge in [0, 0.05) is 35.8 Å². The van der Waals surface area contributed by atoms with Gasteiger partial charge in [-0.1, -0.05) is 20.8 Å². The minimum absolute atomic E-state index is 0.0222. The van der Waals surface area contributed by atoms with Crippen LogP contribution in [0.2, 0.25) is 0 Å². The zero-order valence-corrected chi connectivity index (χ0v) is 23.2. The van der Waals surface area contributed by atoms with Gasteiger partial charge in [0.15, 0.2) is 11.5 Å². The Balaban J connectivity index is 2.90. The van der Waals surface area contributed by atoms with Gasteiger partial charge in [0.2, 0.25) is 11.7 Å². The van der Waals surface area contributed by atoms with Crippen LogP contribution in [0.1, 0.15) is 34.6 Å². The molecule has 2 amide bonds. The Bertz CT molecular complexity index is 1320. The second kappa shape index (κ2) is 12.0. The summed E-state index contributed by atoms with van der Waals surface area (Å²) >= 11 is 0. The maximum Gasteiger partial charge on any atom is 0.534 e. The highest BCUT2D eigenvalue weighted by Crippen LogP contribution is 2.48. The molecule has 2 aromatic rings. The molecule has 0 saturated carbocycles. The van der Waals surface area contributed by atoms with E-state index in [4.69, 9.17) is 14.2 Å². The summed E-state index contributed by atoms with van der Waals surface area (Å²) in [5, 5.41) is 2.40. The number of ether oxygens (including phenoxy) is 3. The second-order valence-corrected chi connectivity index (χ2v) is 10.5. The van der Waals surface area contributed by atoms with Crippen LogP contribution in [0.5, 0.6) is 23.1 Å². The zero-order chi connectivity index (χ0) is 29.8. The van der Waals surface area contributed by atoms with E-state index in [-0.39, 0.29) is 28.4 Å². The molecule has 15 heteroatoms. The van der Waals surface area contributed by atoms with Crippen molar-refractivity contribution in [2.45, 2.75) is 40.1 Å². The number of pyridine rings is 1. The number of hydrogen-bond donors (Lipinski definition) is 1. The third-order valence-electron chi connectivity index (χ3n) is 5.31. The summed E-state index contributed by atoms with van der Waals surface area (Å²) in [6.07, 6.45) is 0.189. The molecule has 0 radical (unpaired) electrons. The van der Waals surface area contributed by atoms with E-state index < -0.39 is 44.6 Å². The number of hydrogen-bond acceptors (Lipinski definition) is 9. The van der Waals surface area contributed by atoms with Crippen LogP contribution in [0.4, 0.5) is 23.7 Å². The molecular formula is C24H30F3N3O8S. The molecule has 1 N–H and O–H groups in total. The average molecular weight is 578 g/mol. The fourth-order valence-corrected chi connectivity index (χ4v) is 3.58. The Morgan fingerprint density at radius 2 is 1.59 bits per heavy atom. The number of alkyl halides is 3. The van der Waals surface area contributed by atoms with E-state index in [1.54, 1.807) is 13.8 Å². The number of carbonyl (C=O) groups excluding carboxylic acids is 2. The summed E-state index contributed by atoms with van der Waals surface area (Å²) < 4.78 is 83.7. The number of nitrogens with zero attached hydrogens (tertiary/aromatic N) is 2. The lowest BCUT2D eigenvalue weighted by molar-refractivity contribution is -0.123. The normalized spacial score (nSPS) is 11.9. The summed E-state index contributed by atoms with van der Waals surface area (Å²) in [6.45, 7) is 8.63. The van der Waals surface area contributed by atoms with Crippen LogP contribution in [0, 0.1) is 5.41 Å². The fourth-order valence-electron chi connectivity index (χ4n) is 3.15. The van der Waals surface area contributed by atoms with Crippen LogP contribution in [0.15, 0.2) is 24.4 Å². The maximum atomic E-state index is 13.1. The minimum atomic E-state index is -6.16. The number of halogens is 3. The third kappa shape index (κ3) is 7.02. The summed E-state index contributed by atoms with van der Waals surface area (Å²) in [6, 6.07) is 4.07. The predicted molar refractivity (Wildman–Crippen MR) is 135 cm³/mol. The van der Waals surface area contributed by atoms with E-state index in [2.05, 4.69) is 14.5 Å². The van der Waals surface area contributed by atoms with Gasteiger partial charge in [0.25, 0.3) is 5.88 Å². The molecule has 39 heavy (non-hydrogen) atoms. The molecule has 1 aromatic heterocycles. The number of methoxy groups -OCH3 is 2. The largest absolute Gasteiger partial charge is 0.534 e. The van der Waals surface area contributed by atoms with Crippen molar-refractivity contribution in [1.82, 2.24) is 9.88 Å². The highest BCUT2D eigenvalue weighted by Gasteiger charge is 2.49. The molecule has 0 aliphatic rings. The van der Waals surface area contributed by atoms with E-state index in [1.807, 2.05) is 0 Å². The summed E-state index contributed by atoms with van der Waals surface area (Å²) in [5.74, 6) is -1.87. The van der Waals surface area contributed by atoms with Gasteiger partial charge in [-0.15, -0.1) is 0 Å². The molecule has 1 aromatic carbocycles. The number of rotatable bonds is 9. The first-order valence-corrected chi connectivity index (χ1v) is 13.0. The number of anilines is 1. The molecule has 0 unspecified atom stereocenters. The number of nitrogens with one attached hydrogen (secondary N) is 1. The summed E-state index contributed by atoms with van der Waals surface area (Å²) in [4.78, 5) is 30.7. The predicted octanol–water partition coefficient (Wildman–Crippen LogP) is 4.82. The van der Waals surface area contributed by atoms with Crippen molar-refractivity contribution >= 4 is 27.8 Å². The lowest BCUT2D eigenvalue weighted by Crippen LogP contribution is -2.33. The number of aromatic nitrogens is 1. The van der Waals surface area contributed by atoms with Crippen LogP contribution in [-0.2, 0) is 14.9 Å². The van der Waals surface area contributed by atoms with Gasteiger partial charge in [-0.05, 0) is 32.0 Å². The molecule has 1 heterocycles. The highest BCUT2D eigenvalue weighted by atomic mass is 32.2. The van der Waals surface area contributed by atoms with Crippen molar-refractivity contribution < 1.29 is 49.6 Å². The van der Waals surface area contributed by atoms with Gasteiger partial charge in [-0.3, -0.25) is 4.79 Å². The van der Waals surface area contributed by atoms with Gasteiger partial charge >= 0.3 is 21.7 Å². The Labute approximate surface area is 224 Å². The average Bonchev–Trinajstić information content (AvgIpc) is 2.84. The fraction of sp³-hybridized carbons (Fsp3) is 0.458. The van der Waals surface area contributed by atoms with Crippen molar-refractivity contribution in [3.63, 3.8) is 0 Å². The Morgan fingerprint density at radius 1 is 0.974 bits per heavy atom. The van der Waals surface area contributed by atoms with Gasteiger partial charge < -0.3 is 28.6 Å². The van der Waals surface area contributed by atoms with Crippen molar-refractivity contribution in [2.24, 2.45) is 5.41 Å². The molecule has 0 spiro atoms. The van der Waals surface area contributed by atoms with Crippen molar-refractivity contribution in [1.29, 1.82) is 0 Å². The summed E-state index contributed by atoms with van der Waals surface area (Å²) in [7, 11) is -3.55. The van der Waals surface area contributed by atoms with E-state index >= 15 is 0 Å². The van der Waals surface area contributed by atoms with E-state index in [0.717, 1.165) is 6.20 Å². The first-order chi connectivity index (χ1) is 18.0. The van der Waals surface area contributed by atoms with E-state index in [1.165, 1.54) is 58.1 Å². The SMILES string of the molecule is CCN(CC)C(=O)Oc1c(-c2ccnc(OS(=O)(=O)C(F)(F)F)c2NC(=O)C(C)(C)C)ccc(OC)c1OC. The molecule has 0 bridgehead atoms. The molecule has 0 aliphatic carbocycles. The van der Waals surface area contributed by atoms with Crippen LogP contribution in [0.25, 0.3) is 11.1 Å². The molecular weight excluding hydrogens is 547 g/mol. The van der Waals surface area contributed by atoms with Crippen LogP contribution < -0.4 is 23.7 Å². The minimum Gasteiger partial charge on any atom is -0.493 e. The first kappa shape index (κ1) is 31.5. The monoisotopic (exact) mass is 577 g/mol. The zero-order valence-electron chi connectivity index (χ0n) is 22.4. The quantitative estimate of drug-likeness (QED) is 0.329. The topological polar surface area (TPSA) is 133 Å². The van der Waals surface area contributed by atoms with Crippen molar-refractivity contribution in [3.05, 3.63) is 24.4 Å².